The molecule has 2 unspecified atom stereocenters. The summed E-state index contributed by atoms with van der Waals surface area (Å²) < 4.78 is 0. The summed E-state index contributed by atoms with van der Waals surface area (Å²) in [7, 11) is 2.18. The third kappa shape index (κ3) is 3.78. The molecular weight excluding hydrogens is 264 g/mol. The second-order valence-corrected chi connectivity index (χ2v) is 7.02. The largest absolute Gasteiger partial charge is 0.480 e. The molecule has 2 saturated carbocycles. The zero-order chi connectivity index (χ0) is 15.5. The van der Waals surface area contributed by atoms with Crippen LogP contribution in [0.3, 0.4) is 0 Å². The van der Waals surface area contributed by atoms with Crippen LogP contribution in [0.15, 0.2) is 0 Å². The van der Waals surface area contributed by atoms with Crippen molar-refractivity contribution in [3.8, 4) is 0 Å². The monoisotopic (exact) mass is 296 g/mol. The average Bonchev–Trinajstić information content (AvgIpc) is 3.16. The van der Waals surface area contributed by atoms with Crippen molar-refractivity contribution < 1.29 is 9.90 Å². The fraction of sp³-hybridized carbons (Fsp3) is 0.941. The number of nitrogens with zero attached hydrogens (tertiary/aromatic N) is 1. The number of carbonyl (C=O) groups is 1. The molecule has 0 aromatic carbocycles. The van der Waals surface area contributed by atoms with E-state index in [2.05, 4.69) is 31.1 Å². The highest BCUT2D eigenvalue weighted by Crippen LogP contribution is 2.40. The lowest BCUT2D eigenvalue weighted by molar-refractivity contribution is -0.147. The lowest BCUT2D eigenvalue weighted by Gasteiger charge is -2.35. The minimum atomic E-state index is -0.643. The van der Waals surface area contributed by atoms with E-state index >= 15 is 0 Å². The van der Waals surface area contributed by atoms with Crippen molar-refractivity contribution in [3.63, 3.8) is 0 Å². The lowest BCUT2D eigenvalue weighted by Crippen LogP contribution is -2.56. The number of hydrogen-bond donors (Lipinski definition) is 2. The zero-order valence-corrected chi connectivity index (χ0v) is 13.9. The number of carboxylic acid groups (broad SMARTS) is 1. The van der Waals surface area contributed by atoms with E-state index in [0.717, 1.165) is 45.1 Å². The van der Waals surface area contributed by atoms with E-state index in [1.165, 1.54) is 12.8 Å². The standard InChI is InChI=1S/C17H32N2O2/c1-4-15(5-2)19(3)12-10-13-7-6-11-17(13,16(20)21)18-14-8-9-14/h13-15,18H,4-12H2,1-3H3,(H,20,21). The Morgan fingerprint density at radius 3 is 2.52 bits per heavy atom. The summed E-state index contributed by atoms with van der Waals surface area (Å²) in [6.07, 6.45) is 8.54. The zero-order valence-electron chi connectivity index (χ0n) is 13.9. The highest BCUT2D eigenvalue weighted by molar-refractivity contribution is 5.80. The van der Waals surface area contributed by atoms with Gasteiger partial charge in [0, 0.05) is 12.1 Å². The molecule has 0 aromatic heterocycles. The molecule has 0 spiro atoms. The molecule has 0 aliphatic heterocycles. The third-order valence-electron chi connectivity index (χ3n) is 5.64. The lowest BCUT2D eigenvalue weighted by atomic mass is 9.84. The van der Waals surface area contributed by atoms with Crippen molar-refractivity contribution in [2.24, 2.45) is 5.92 Å². The first-order chi connectivity index (χ1) is 10.0. The SMILES string of the molecule is CCC(CC)N(C)CCC1CCCC1(NC1CC1)C(=O)O. The maximum Gasteiger partial charge on any atom is 0.324 e. The van der Waals surface area contributed by atoms with Crippen LogP contribution in [0, 0.1) is 5.92 Å². The normalized spacial score (nSPS) is 29.5. The third-order valence-corrected chi connectivity index (χ3v) is 5.64. The Labute approximate surface area is 129 Å². The second kappa shape index (κ2) is 7.10. The summed E-state index contributed by atoms with van der Waals surface area (Å²) in [5, 5.41) is 13.3. The van der Waals surface area contributed by atoms with Gasteiger partial charge in [0.2, 0.25) is 0 Å². The number of aliphatic carboxylic acids is 1. The van der Waals surface area contributed by atoms with Gasteiger partial charge in [-0.05, 0) is 64.5 Å². The van der Waals surface area contributed by atoms with E-state index in [-0.39, 0.29) is 5.92 Å². The molecule has 0 radical (unpaired) electrons. The van der Waals surface area contributed by atoms with Gasteiger partial charge in [-0.3, -0.25) is 10.1 Å². The van der Waals surface area contributed by atoms with Gasteiger partial charge < -0.3 is 10.0 Å². The van der Waals surface area contributed by atoms with Crippen LogP contribution in [0.2, 0.25) is 0 Å². The molecule has 0 bridgehead atoms. The van der Waals surface area contributed by atoms with Crippen molar-refractivity contribution >= 4 is 5.97 Å². The summed E-state index contributed by atoms with van der Waals surface area (Å²) >= 11 is 0. The number of rotatable bonds is 9. The molecule has 2 N–H and O–H groups in total. The molecule has 0 heterocycles. The van der Waals surface area contributed by atoms with Crippen molar-refractivity contribution in [1.29, 1.82) is 0 Å². The van der Waals surface area contributed by atoms with Crippen LogP contribution in [0.25, 0.3) is 0 Å². The second-order valence-electron chi connectivity index (χ2n) is 7.02. The maximum absolute atomic E-state index is 11.9. The first kappa shape index (κ1) is 16.8. The van der Waals surface area contributed by atoms with Crippen molar-refractivity contribution in [2.75, 3.05) is 13.6 Å². The Hall–Kier alpha value is -0.610. The van der Waals surface area contributed by atoms with Gasteiger partial charge in [-0.1, -0.05) is 20.3 Å². The molecule has 0 aromatic rings. The molecular formula is C17H32N2O2. The summed E-state index contributed by atoms with van der Waals surface area (Å²) in [5.74, 6) is -0.338. The van der Waals surface area contributed by atoms with Crippen LogP contribution in [-0.4, -0.2) is 47.2 Å². The molecule has 122 valence electrons. The van der Waals surface area contributed by atoms with Gasteiger partial charge >= 0.3 is 5.97 Å². The van der Waals surface area contributed by atoms with Crippen molar-refractivity contribution in [2.45, 2.75) is 82.8 Å². The van der Waals surface area contributed by atoms with E-state index in [4.69, 9.17) is 0 Å². The molecule has 2 atom stereocenters. The van der Waals surface area contributed by atoms with Crippen LogP contribution in [0.4, 0.5) is 0 Å². The first-order valence-electron chi connectivity index (χ1n) is 8.74. The van der Waals surface area contributed by atoms with Gasteiger partial charge in [0.15, 0.2) is 0 Å². The molecule has 0 amide bonds. The molecule has 0 saturated heterocycles. The van der Waals surface area contributed by atoms with Crippen LogP contribution < -0.4 is 5.32 Å². The Bertz CT molecular complexity index is 353. The van der Waals surface area contributed by atoms with Crippen molar-refractivity contribution in [3.05, 3.63) is 0 Å². The minimum absolute atomic E-state index is 0.285. The molecule has 4 heteroatoms. The molecule has 2 aliphatic rings. The predicted octanol–water partition coefficient (Wildman–Crippen LogP) is 2.87. The quantitative estimate of drug-likeness (QED) is 0.687. The van der Waals surface area contributed by atoms with E-state index in [9.17, 15) is 9.90 Å². The summed E-state index contributed by atoms with van der Waals surface area (Å²) in [4.78, 5) is 14.3. The van der Waals surface area contributed by atoms with E-state index in [1.807, 2.05) is 0 Å². The summed E-state index contributed by atoms with van der Waals surface area (Å²) in [6.45, 7) is 5.48. The van der Waals surface area contributed by atoms with Crippen LogP contribution in [0.1, 0.15) is 65.2 Å². The fourth-order valence-electron chi connectivity index (χ4n) is 4.05. The number of hydrogen-bond acceptors (Lipinski definition) is 3. The van der Waals surface area contributed by atoms with Gasteiger partial charge in [-0.25, -0.2) is 0 Å². The Morgan fingerprint density at radius 1 is 1.33 bits per heavy atom. The van der Waals surface area contributed by atoms with E-state index < -0.39 is 11.5 Å². The van der Waals surface area contributed by atoms with Gasteiger partial charge in [0.1, 0.15) is 5.54 Å². The maximum atomic E-state index is 11.9. The van der Waals surface area contributed by atoms with Crippen molar-refractivity contribution in [1.82, 2.24) is 10.2 Å². The number of nitrogens with one attached hydrogen (secondary N) is 1. The van der Waals surface area contributed by atoms with Crippen LogP contribution >= 0.6 is 0 Å². The van der Waals surface area contributed by atoms with Crippen LogP contribution in [0.5, 0.6) is 0 Å². The minimum Gasteiger partial charge on any atom is -0.480 e. The summed E-state index contributed by atoms with van der Waals surface area (Å²) in [5.41, 5.74) is -0.643. The Kier molecular flexibility index (Phi) is 5.67. The number of carboxylic acids is 1. The highest BCUT2D eigenvalue weighted by Gasteiger charge is 2.51. The van der Waals surface area contributed by atoms with E-state index in [0.29, 0.717) is 12.1 Å². The smallest absolute Gasteiger partial charge is 0.324 e. The van der Waals surface area contributed by atoms with Gasteiger partial charge in [0.05, 0.1) is 0 Å². The Morgan fingerprint density at radius 2 is 2.00 bits per heavy atom. The first-order valence-corrected chi connectivity index (χ1v) is 8.74. The van der Waals surface area contributed by atoms with Crippen LogP contribution in [-0.2, 0) is 4.79 Å². The molecule has 4 nitrogen and oxygen atoms in total. The van der Waals surface area contributed by atoms with E-state index in [1.54, 1.807) is 0 Å². The Balaban J connectivity index is 1.95. The summed E-state index contributed by atoms with van der Waals surface area (Å²) in [6, 6.07) is 1.08. The topological polar surface area (TPSA) is 52.6 Å². The van der Waals surface area contributed by atoms with Gasteiger partial charge in [-0.2, -0.15) is 0 Å². The molecule has 2 rings (SSSR count). The highest BCUT2D eigenvalue weighted by atomic mass is 16.4. The van der Waals surface area contributed by atoms with Gasteiger partial charge in [0.25, 0.3) is 0 Å². The molecule has 2 aliphatic carbocycles. The molecule has 2 fully saturated rings. The predicted molar refractivity (Wildman–Crippen MR) is 85.5 cm³/mol. The average molecular weight is 296 g/mol. The fourth-order valence-corrected chi connectivity index (χ4v) is 4.05. The van der Waals surface area contributed by atoms with Gasteiger partial charge in [-0.15, -0.1) is 0 Å². The molecule has 21 heavy (non-hydrogen) atoms.